The smallest absolute Gasteiger partial charge is 0.251 e. The Bertz CT molecular complexity index is 373. The highest BCUT2D eigenvalue weighted by molar-refractivity contribution is 9.09. The fourth-order valence-corrected chi connectivity index (χ4v) is 1.97. The number of amides is 1. The highest BCUT2D eigenvalue weighted by Crippen LogP contribution is 2.08. The topological polar surface area (TPSA) is 38.3 Å². The standard InChI is InChI=1S/C14H20BrNO2/c1-11-8-12(2)10-13(9-11)14(17)16-5-3-6-18-7-4-15/h8-10H,3-7H2,1-2H3,(H,16,17). The van der Waals surface area contributed by atoms with Gasteiger partial charge < -0.3 is 10.1 Å². The van der Waals surface area contributed by atoms with E-state index < -0.39 is 0 Å². The maximum Gasteiger partial charge on any atom is 0.251 e. The van der Waals surface area contributed by atoms with E-state index in [1.54, 1.807) is 0 Å². The third-order valence-corrected chi connectivity index (χ3v) is 2.78. The molecule has 0 fully saturated rings. The van der Waals surface area contributed by atoms with Crippen LogP contribution < -0.4 is 5.32 Å². The summed E-state index contributed by atoms with van der Waals surface area (Å²) < 4.78 is 5.31. The van der Waals surface area contributed by atoms with Crippen molar-refractivity contribution in [1.82, 2.24) is 5.32 Å². The summed E-state index contributed by atoms with van der Waals surface area (Å²) in [6, 6.07) is 5.87. The Morgan fingerprint density at radius 1 is 1.22 bits per heavy atom. The van der Waals surface area contributed by atoms with Gasteiger partial charge in [-0.05, 0) is 32.4 Å². The Kier molecular flexibility index (Phi) is 6.98. The summed E-state index contributed by atoms with van der Waals surface area (Å²) in [7, 11) is 0. The average molecular weight is 314 g/mol. The van der Waals surface area contributed by atoms with Gasteiger partial charge in [-0.2, -0.15) is 0 Å². The van der Waals surface area contributed by atoms with Gasteiger partial charge in [0.05, 0.1) is 6.61 Å². The van der Waals surface area contributed by atoms with Crippen LogP contribution in [0, 0.1) is 13.8 Å². The minimum absolute atomic E-state index is 0.0118. The van der Waals surface area contributed by atoms with Gasteiger partial charge in [-0.25, -0.2) is 0 Å². The Morgan fingerprint density at radius 3 is 2.50 bits per heavy atom. The van der Waals surface area contributed by atoms with Crippen molar-refractivity contribution >= 4 is 21.8 Å². The van der Waals surface area contributed by atoms with Crippen molar-refractivity contribution < 1.29 is 9.53 Å². The van der Waals surface area contributed by atoms with E-state index in [0.29, 0.717) is 19.8 Å². The Morgan fingerprint density at radius 2 is 1.89 bits per heavy atom. The van der Waals surface area contributed by atoms with Crippen LogP contribution in [0.15, 0.2) is 18.2 Å². The van der Waals surface area contributed by atoms with Crippen molar-refractivity contribution in [1.29, 1.82) is 0 Å². The third kappa shape index (κ3) is 5.65. The summed E-state index contributed by atoms with van der Waals surface area (Å²) in [5.74, 6) is -0.0118. The minimum atomic E-state index is -0.0118. The number of carbonyl (C=O) groups excluding carboxylic acids is 1. The van der Waals surface area contributed by atoms with Gasteiger partial charge in [0.2, 0.25) is 0 Å². The maximum atomic E-state index is 11.9. The molecule has 0 unspecified atom stereocenters. The lowest BCUT2D eigenvalue weighted by molar-refractivity contribution is 0.0944. The Hall–Kier alpha value is -0.870. The summed E-state index contributed by atoms with van der Waals surface area (Å²) in [5, 5.41) is 3.75. The van der Waals surface area contributed by atoms with Crippen molar-refractivity contribution in [2.24, 2.45) is 0 Å². The van der Waals surface area contributed by atoms with Crippen LogP contribution in [0.4, 0.5) is 0 Å². The second-order valence-electron chi connectivity index (χ2n) is 4.29. The first-order valence-corrected chi connectivity index (χ1v) is 7.26. The first-order chi connectivity index (χ1) is 8.63. The molecule has 0 aliphatic carbocycles. The van der Waals surface area contributed by atoms with E-state index in [9.17, 15) is 4.79 Å². The zero-order valence-corrected chi connectivity index (χ0v) is 12.5. The van der Waals surface area contributed by atoms with Crippen molar-refractivity contribution in [2.75, 3.05) is 25.1 Å². The van der Waals surface area contributed by atoms with Gasteiger partial charge in [0.1, 0.15) is 0 Å². The van der Waals surface area contributed by atoms with Crippen LogP contribution in [0.5, 0.6) is 0 Å². The van der Waals surface area contributed by atoms with E-state index in [-0.39, 0.29) is 5.91 Å². The number of hydrogen-bond donors (Lipinski definition) is 1. The van der Waals surface area contributed by atoms with Crippen molar-refractivity contribution in [3.8, 4) is 0 Å². The molecule has 0 heterocycles. The predicted molar refractivity (Wildman–Crippen MR) is 77.5 cm³/mol. The number of carbonyl (C=O) groups is 1. The fourth-order valence-electron chi connectivity index (χ4n) is 1.74. The van der Waals surface area contributed by atoms with Gasteiger partial charge in [0.15, 0.2) is 0 Å². The molecule has 1 aromatic rings. The van der Waals surface area contributed by atoms with Crippen LogP contribution in [-0.4, -0.2) is 31.0 Å². The van der Waals surface area contributed by atoms with Crippen LogP contribution >= 0.6 is 15.9 Å². The highest BCUT2D eigenvalue weighted by Gasteiger charge is 2.05. The number of ether oxygens (including phenoxy) is 1. The van der Waals surface area contributed by atoms with E-state index in [1.165, 1.54) is 0 Å². The Balaban J connectivity index is 2.32. The molecule has 1 amide bonds. The maximum absolute atomic E-state index is 11.9. The molecule has 100 valence electrons. The number of alkyl halides is 1. The molecule has 0 saturated heterocycles. The lowest BCUT2D eigenvalue weighted by atomic mass is 10.1. The van der Waals surface area contributed by atoms with Crippen molar-refractivity contribution in [3.63, 3.8) is 0 Å². The molecule has 0 bridgehead atoms. The molecule has 0 spiro atoms. The second-order valence-corrected chi connectivity index (χ2v) is 5.08. The Labute approximate surface area is 117 Å². The molecule has 18 heavy (non-hydrogen) atoms. The molecule has 0 aromatic heterocycles. The van der Waals surface area contributed by atoms with Gasteiger partial charge in [-0.1, -0.05) is 33.1 Å². The van der Waals surface area contributed by atoms with Crippen LogP contribution in [0.2, 0.25) is 0 Å². The number of benzene rings is 1. The molecule has 0 radical (unpaired) electrons. The zero-order valence-electron chi connectivity index (χ0n) is 11.0. The summed E-state index contributed by atoms with van der Waals surface area (Å²) in [6.07, 6.45) is 0.837. The van der Waals surface area contributed by atoms with Crippen LogP contribution in [0.3, 0.4) is 0 Å². The molecule has 1 N–H and O–H groups in total. The van der Waals surface area contributed by atoms with E-state index in [4.69, 9.17) is 4.74 Å². The van der Waals surface area contributed by atoms with Gasteiger partial charge in [-0.3, -0.25) is 4.79 Å². The highest BCUT2D eigenvalue weighted by atomic mass is 79.9. The molecule has 0 atom stereocenters. The summed E-state index contributed by atoms with van der Waals surface area (Å²) in [6.45, 7) is 6.04. The van der Waals surface area contributed by atoms with E-state index in [0.717, 1.165) is 28.4 Å². The monoisotopic (exact) mass is 313 g/mol. The van der Waals surface area contributed by atoms with Crippen LogP contribution in [0.1, 0.15) is 27.9 Å². The predicted octanol–water partition coefficient (Wildman–Crippen LogP) is 2.83. The first kappa shape index (κ1) is 15.2. The van der Waals surface area contributed by atoms with E-state index >= 15 is 0 Å². The molecule has 0 saturated carbocycles. The molecule has 0 aliphatic rings. The fraction of sp³-hybridized carbons (Fsp3) is 0.500. The normalized spacial score (nSPS) is 10.4. The van der Waals surface area contributed by atoms with Gasteiger partial charge in [0.25, 0.3) is 5.91 Å². The number of halogens is 1. The van der Waals surface area contributed by atoms with Gasteiger partial charge >= 0.3 is 0 Å². The van der Waals surface area contributed by atoms with Crippen LogP contribution in [-0.2, 0) is 4.74 Å². The van der Waals surface area contributed by atoms with Gasteiger partial charge in [-0.15, -0.1) is 0 Å². The number of nitrogens with one attached hydrogen (secondary N) is 1. The lowest BCUT2D eigenvalue weighted by Gasteiger charge is -2.07. The lowest BCUT2D eigenvalue weighted by Crippen LogP contribution is -2.25. The molecule has 1 aromatic carbocycles. The van der Waals surface area contributed by atoms with Crippen LogP contribution in [0.25, 0.3) is 0 Å². The zero-order chi connectivity index (χ0) is 13.4. The molecule has 3 nitrogen and oxygen atoms in total. The van der Waals surface area contributed by atoms with E-state index in [1.807, 2.05) is 26.0 Å². The van der Waals surface area contributed by atoms with E-state index in [2.05, 4.69) is 27.3 Å². The average Bonchev–Trinajstić information content (AvgIpc) is 2.32. The molecular weight excluding hydrogens is 294 g/mol. The molecule has 0 aliphatic heterocycles. The number of aryl methyl sites for hydroxylation is 2. The number of hydrogen-bond acceptors (Lipinski definition) is 2. The molecular formula is C14H20BrNO2. The molecule has 1 rings (SSSR count). The third-order valence-electron chi connectivity index (χ3n) is 2.46. The summed E-state index contributed by atoms with van der Waals surface area (Å²) in [5.41, 5.74) is 2.95. The van der Waals surface area contributed by atoms with Gasteiger partial charge in [0, 0.05) is 24.0 Å². The summed E-state index contributed by atoms with van der Waals surface area (Å²) >= 11 is 3.29. The second kappa shape index (κ2) is 8.27. The minimum Gasteiger partial charge on any atom is -0.381 e. The SMILES string of the molecule is Cc1cc(C)cc(C(=O)NCCCOCCBr)c1. The summed E-state index contributed by atoms with van der Waals surface area (Å²) in [4.78, 5) is 11.9. The first-order valence-electron chi connectivity index (χ1n) is 6.13. The quantitative estimate of drug-likeness (QED) is 0.621. The number of rotatable bonds is 7. The molecule has 4 heteroatoms. The van der Waals surface area contributed by atoms with Crippen molar-refractivity contribution in [3.05, 3.63) is 34.9 Å². The largest absolute Gasteiger partial charge is 0.381 e. The van der Waals surface area contributed by atoms with Crippen molar-refractivity contribution in [2.45, 2.75) is 20.3 Å².